The molecule has 1 heterocycles. The quantitative estimate of drug-likeness (QED) is 0.878. The van der Waals surface area contributed by atoms with Gasteiger partial charge in [-0.1, -0.05) is 0 Å². The molecule has 0 saturated heterocycles. The van der Waals surface area contributed by atoms with Crippen molar-refractivity contribution in [2.24, 2.45) is 5.73 Å². The van der Waals surface area contributed by atoms with Crippen molar-refractivity contribution in [2.45, 2.75) is 13.5 Å². The van der Waals surface area contributed by atoms with Crippen LogP contribution in [0.1, 0.15) is 12.6 Å². The van der Waals surface area contributed by atoms with Crippen molar-refractivity contribution in [2.75, 3.05) is 6.61 Å². The molecule has 4 nitrogen and oxygen atoms in total. The van der Waals surface area contributed by atoms with Gasteiger partial charge in [-0.2, -0.15) is 0 Å². The van der Waals surface area contributed by atoms with Crippen LogP contribution in [0.3, 0.4) is 0 Å². The summed E-state index contributed by atoms with van der Waals surface area (Å²) in [6, 6.07) is 11.1. The Morgan fingerprint density at radius 1 is 1.11 bits per heavy atom. The Labute approximate surface area is 106 Å². The molecule has 0 amide bonds. The molecule has 0 unspecified atom stereocenters. The largest absolute Gasteiger partial charge is 0.494 e. The van der Waals surface area contributed by atoms with Crippen LogP contribution in [0.4, 0.5) is 0 Å². The second kappa shape index (κ2) is 6.02. The van der Waals surface area contributed by atoms with Gasteiger partial charge in [0.25, 0.3) is 0 Å². The van der Waals surface area contributed by atoms with Crippen LogP contribution >= 0.6 is 0 Å². The molecule has 1 aromatic carbocycles. The molecular weight excluding hydrogens is 228 g/mol. The SMILES string of the molecule is CCOc1ccc(Oc2cccnc2CN)cc1. The Morgan fingerprint density at radius 2 is 1.83 bits per heavy atom. The van der Waals surface area contributed by atoms with E-state index in [4.69, 9.17) is 15.2 Å². The predicted molar refractivity (Wildman–Crippen MR) is 69.8 cm³/mol. The summed E-state index contributed by atoms with van der Waals surface area (Å²) in [7, 11) is 0. The molecule has 0 atom stereocenters. The zero-order valence-corrected chi connectivity index (χ0v) is 10.3. The normalized spacial score (nSPS) is 10.1. The standard InChI is InChI=1S/C14H16N2O2/c1-2-17-11-5-7-12(8-6-11)18-14-4-3-9-16-13(14)10-15/h3-9H,2,10,15H2,1H3. The number of rotatable bonds is 5. The number of aromatic nitrogens is 1. The second-order valence-corrected chi connectivity index (χ2v) is 3.66. The fourth-order valence-electron chi connectivity index (χ4n) is 1.57. The van der Waals surface area contributed by atoms with Gasteiger partial charge in [0.05, 0.1) is 12.3 Å². The van der Waals surface area contributed by atoms with Gasteiger partial charge in [0, 0.05) is 12.7 Å². The van der Waals surface area contributed by atoms with Gasteiger partial charge in [0.15, 0.2) is 0 Å². The Morgan fingerprint density at radius 3 is 2.50 bits per heavy atom. The highest BCUT2D eigenvalue weighted by molar-refractivity contribution is 5.36. The lowest BCUT2D eigenvalue weighted by molar-refractivity contribution is 0.339. The van der Waals surface area contributed by atoms with E-state index in [1.165, 1.54) is 0 Å². The Bertz CT molecular complexity index is 497. The van der Waals surface area contributed by atoms with Crippen LogP contribution in [0.15, 0.2) is 42.6 Å². The Hall–Kier alpha value is -2.07. The van der Waals surface area contributed by atoms with Crippen LogP contribution in [0.2, 0.25) is 0 Å². The topological polar surface area (TPSA) is 57.4 Å². The fourth-order valence-corrected chi connectivity index (χ4v) is 1.57. The van der Waals surface area contributed by atoms with Crippen molar-refractivity contribution in [3.63, 3.8) is 0 Å². The molecule has 18 heavy (non-hydrogen) atoms. The van der Waals surface area contributed by atoms with E-state index >= 15 is 0 Å². The van der Waals surface area contributed by atoms with Crippen LogP contribution in [0, 0.1) is 0 Å². The van der Waals surface area contributed by atoms with Gasteiger partial charge in [0.2, 0.25) is 0 Å². The first-order valence-electron chi connectivity index (χ1n) is 5.88. The molecule has 1 aromatic heterocycles. The molecule has 4 heteroatoms. The van der Waals surface area contributed by atoms with E-state index in [1.807, 2.05) is 43.3 Å². The number of benzene rings is 1. The summed E-state index contributed by atoms with van der Waals surface area (Å²) in [4.78, 5) is 4.17. The van der Waals surface area contributed by atoms with Crippen molar-refractivity contribution in [3.8, 4) is 17.2 Å². The highest BCUT2D eigenvalue weighted by Gasteiger charge is 2.04. The molecule has 0 aliphatic heterocycles. The predicted octanol–water partition coefficient (Wildman–Crippen LogP) is 2.73. The minimum absolute atomic E-state index is 0.354. The van der Waals surface area contributed by atoms with E-state index in [-0.39, 0.29) is 0 Å². The molecule has 0 aliphatic carbocycles. The van der Waals surface area contributed by atoms with Crippen molar-refractivity contribution in [3.05, 3.63) is 48.3 Å². The first-order chi connectivity index (χ1) is 8.83. The average molecular weight is 244 g/mol. The average Bonchev–Trinajstić information content (AvgIpc) is 2.42. The molecule has 2 N–H and O–H groups in total. The van der Waals surface area contributed by atoms with Crippen LogP contribution in [0.5, 0.6) is 17.2 Å². The maximum absolute atomic E-state index is 5.74. The number of hydrogen-bond acceptors (Lipinski definition) is 4. The lowest BCUT2D eigenvalue weighted by Crippen LogP contribution is -2.01. The molecule has 0 spiro atoms. The number of ether oxygens (including phenoxy) is 2. The summed E-state index contributed by atoms with van der Waals surface area (Å²) in [5.41, 5.74) is 6.35. The fraction of sp³-hybridized carbons (Fsp3) is 0.214. The van der Waals surface area contributed by atoms with E-state index < -0.39 is 0 Å². The Balaban J connectivity index is 2.13. The van der Waals surface area contributed by atoms with E-state index in [0.29, 0.717) is 18.9 Å². The number of hydrogen-bond donors (Lipinski definition) is 1. The van der Waals surface area contributed by atoms with Gasteiger partial charge in [-0.25, -0.2) is 0 Å². The maximum Gasteiger partial charge on any atom is 0.150 e. The monoisotopic (exact) mass is 244 g/mol. The van der Waals surface area contributed by atoms with Gasteiger partial charge in [-0.3, -0.25) is 4.98 Å². The first-order valence-corrected chi connectivity index (χ1v) is 5.88. The van der Waals surface area contributed by atoms with Crippen molar-refractivity contribution in [1.29, 1.82) is 0 Å². The van der Waals surface area contributed by atoms with Gasteiger partial charge >= 0.3 is 0 Å². The summed E-state index contributed by atoms with van der Waals surface area (Å²) in [6.45, 7) is 2.96. The lowest BCUT2D eigenvalue weighted by atomic mass is 10.3. The molecule has 0 aliphatic rings. The van der Waals surface area contributed by atoms with E-state index in [0.717, 1.165) is 17.2 Å². The zero-order valence-electron chi connectivity index (χ0n) is 10.3. The van der Waals surface area contributed by atoms with Crippen LogP contribution in [-0.4, -0.2) is 11.6 Å². The van der Waals surface area contributed by atoms with Crippen LogP contribution in [-0.2, 0) is 6.54 Å². The second-order valence-electron chi connectivity index (χ2n) is 3.66. The third-order valence-corrected chi connectivity index (χ3v) is 2.40. The first kappa shape index (κ1) is 12.4. The molecule has 94 valence electrons. The van der Waals surface area contributed by atoms with E-state index in [2.05, 4.69) is 4.98 Å². The van der Waals surface area contributed by atoms with Crippen LogP contribution < -0.4 is 15.2 Å². The molecule has 0 bridgehead atoms. The molecule has 2 aromatic rings. The van der Waals surface area contributed by atoms with Gasteiger partial charge < -0.3 is 15.2 Å². The third kappa shape index (κ3) is 2.99. The van der Waals surface area contributed by atoms with Gasteiger partial charge in [0.1, 0.15) is 17.2 Å². The summed E-state index contributed by atoms with van der Waals surface area (Å²) >= 11 is 0. The summed E-state index contributed by atoms with van der Waals surface area (Å²) in [5, 5.41) is 0. The molecule has 0 fully saturated rings. The summed E-state index contributed by atoms with van der Waals surface area (Å²) in [5.74, 6) is 2.25. The highest BCUT2D eigenvalue weighted by Crippen LogP contribution is 2.25. The molecular formula is C14H16N2O2. The summed E-state index contributed by atoms with van der Waals surface area (Å²) < 4.78 is 11.1. The molecule has 0 saturated carbocycles. The molecule has 2 rings (SSSR count). The minimum atomic E-state index is 0.354. The maximum atomic E-state index is 5.74. The smallest absolute Gasteiger partial charge is 0.150 e. The number of nitrogens with zero attached hydrogens (tertiary/aromatic N) is 1. The Kier molecular flexibility index (Phi) is 4.15. The molecule has 0 radical (unpaired) electrons. The number of pyridine rings is 1. The van der Waals surface area contributed by atoms with Crippen molar-refractivity contribution >= 4 is 0 Å². The van der Waals surface area contributed by atoms with E-state index in [9.17, 15) is 0 Å². The van der Waals surface area contributed by atoms with Crippen molar-refractivity contribution < 1.29 is 9.47 Å². The zero-order chi connectivity index (χ0) is 12.8. The highest BCUT2D eigenvalue weighted by atomic mass is 16.5. The van der Waals surface area contributed by atoms with E-state index in [1.54, 1.807) is 6.20 Å². The van der Waals surface area contributed by atoms with Crippen molar-refractivity contribution in [1.82, 2.24) is 4.98 Å². The van der Waals surface area contributed by atoms with Gasteiger partial charge in [-0.15, -0.1) is 0 Å². The van der Waals surface area contributed by atoms with Crippen LogP contribution in [0.25, 0.3) is 0 Å². The lowest BCUT2D eigenvalue weighted by Gasteiger charge is -2.09. The van der Waals surface area contributed by atoms with Gasteiger partial charge in [-0.05, 0) is 43.3 Å². The third-order valence-electron chi connectivity index (χ3n) is 2.40. The summed E-state index contributed by atoms with van der Waals surface area (Å²) in [6.07, 6.45) is 1.70. The number of nitrogens with two attached hydrogens (primary N) is 1. The minimum Gasteiger partial charge on any atom is -0.494 e.